The van der Waals surface area contributed by atoms with E-state index in [1.807, 2.05) is 24.3 Å². The van der Waals surface area contributed by atoms with E-state index < -0.39 is 5.91 Å². The van der Waals surface area contributed by atoms with Crippen LogP contribution in [-0.4, -0.2) is 25.6 Å². The van der Waals surface area contributed by atoms with E-state index in [0.29, 0.717) is 24.2 Å². The number of hydrogen-bond donors (Lipinski definition) is 3. The van der Waals surface area contributed by atoms with Crippen LogP contribution in [0.25, 0.3) is 0 Å². The molecule has 0 bridgehead atoms. The number of carbonyl (C=O) groups is 2. The summed E-state index contributed by atoms with van der Waals surface area (Å²) in [5.41, 5.74) is 7.11. The third-order valence-corrected chi connectivity index (χ3v) is 3.86. The molecule has 7 heteroatoms. The molecule has 0 radical (unpaired) electrons. The number of nitrogens with two attached hydrogens (primary N) is 1. The van der Waals surface area contributed by atoms with Crippen molar-refractivity contribution in [1.29, 1.82) is 0 Å². The zero-order chi connectivity index (χ0) is 17.5. The number of primary amides is 1. The normalized spacial score (nSPS) is 10.1. The fourth-order valence-electron chi connectivity index (χ4n) is 2.17. The highest BCUT2D eigenvalue weighted by Gasteiger charge is 2.12. The smallest absolute Gasteiger partial charge is 0.331 e. The second kappa shape index (κ2) is 8.26. The van der Waals surface area contributed by atoms with Gasteiger partial charge in [-0.2, -0.15) is 0 Å². The Morgan fingerprint density at radius 3 is 2.46 bits per heavy atom. The maximum atomic E-state index is 12.1. The number of ether oxygens (including phenoxy) is 1. The average molecular weight is 345 g/mol. The van der Waals surface area contributed by atoms with Crippen LogP contribution in [0.4, 0.5) is 10.5 Å². The van der Waals surface area contributed by atoms with E-state index in [2.05, 4.69) is 18.1 Å². The number of amides is 3. The van der Waals surface area contributed by atoms with Gasteiger partial charge in [0, 0.05) is 12.1 Å². The van der Waals surface area contributed by atoms with E-state index in [1.54, 1.807) is 31.4 Å². The van der Waals surface area contributed by atoms with Gasteiger partial charge in [-0.05, 0) is 42.3 Å². The summed E-state index contributed by atoms with van der Waals surface area (Å²) in [4.78, 5) is 23.2. The van der Waals surface area contributed by atoms with Gasteiger partial charge < -0.3 is 15.8 Å². The van der Waals surface area contributed by atoms with Crippen molar-refractivity contribution < 1.29 is 14.3 Å². The van der Waals surface area contributed by atoms with Crippen LogP contribution in [0.3, 0.4) is 0 Å². The van der Waals surface area contributed by atoms with Gasteiger partial charge >= 0.3 is 6.03 Å². The molecule has 2 rings (SSSR count). The standard InChI is InChI=1S/C17H19N3O3S/c1-23-15-5-3-2-4-12(15)10-11-19-17(22)20(24)14-8-6-13(7-9-14)16(18)21/h2-9,24H,10-11H2,1H3,(H2,18,21)(H,19,22). The molecule has 2 aromatic carbocycles. The Hall–Kier alpha value is -2.67. The molecule has 126 valence electrons. The molecule has 2 aromatic rings. The zero-order valence-electron chi connectivity index (χ0n) is 13.2. The largest absolute Gasteiger partial charge is 0.496 e. The van der Waals surface area contributed by atoms with Crippen LogP contribution in [0.2, 0.25) is 0 Å². The molecule has 0 spiro atoms. The van der Waals surface area contributed by atoms with E-state index in [9.17, 15) is 9.59 Å². The summed E-state index contributed by atoms with van der Waals surface area (Å²) in [6.45, 7) is 0.440. The molecular weight excluding hydrogens is 326 g/mol. The number of carbonyl (C=O) groups excluding carboxylic acids is 2. The molecule has 0 aliphatic carbocycles. The summed E-state index contributed by atoms with van der Waals surface area (Å²) < 4.78 is 6.45. The highest BCUT2D eigenvalue weighted by molar-refractivity contribution is 7.82. The number of nitrogens with one attached hydrogen (secondary N) is 1. The first-order valence-electron chi connectivity index (χ1n) is 7.31. The molecule has 0 aromatic heterocycles. The predicted molar refractivity (Wildman–Crippen MR) is 96.5 cm³/mol. The van der Waals surface area contributed by atoms with Crippen molar-refractivity contribution in [3.8, 4) is 5.75 Å². The van der Waals surface area contributed by atoms with Gasteiger partial charge in [-0.15, -0.1) is 0 Å². The minimum atomic E-state index is -0.520. The van der Waals surface area contributed by atoms with Gasteiger partial charge in [0.25, 0.3) is 0 Å². The number of anilines is 1. The fraction of sp³-hybridized carbons (Fsp3) is 0.176. The van der Waals surface area contributed by atoms with Crippen molar-refractivity contribution in [1.82, 2.24) is 5.32 Å². The summed E-state index contributed by atoms with van der Waals surface area (Å²) in [6, 6.07) is 13.6. The van der Waals surface area contributed by atoms with E-state index in [0.717, 1.165) is 11.3 Å². The average Bonchev–Trinajstić information content (AvgIpc) is 2.61. The van der Waals surface area contributed by atoms with Gasteiger partial charge in [0.2, 0.25) is 5.91 Å². The number of benzene rings is 2. The van der Waals surface area contributed by atoms with Crippen LogP contribution in [0.1, 0.15) is 15.9 Å². The molecule has 0 aliphatic rings. The molecule has 0 unspecified atom stereocenters. The zero-order valence-corrected chi connectivity index (χ0v) is 14.1. The lowest BCUT2D eigenvalue weighted by Crippen LogP contribution is -2.35. The van der Waals surface area contributed by atoms with Crippen LogP contribution in [-0.2, 0) is 6.42 Å². The van der Waals surface area contributed by atoms with Crippen LogP contribution < -0.4 is 20.1 Å². The van der Waals surface area contributed by atoms with Crippen LogP contribution in [0.15, 0.2) is 48.5 Å². The maximum absolute atomic E-state index is 12.1. The minimum Gasteiger partial charge on any atom is -0.496 e. The van der Waals surface area contributed by atoms with Gasteiger partial charge in [0.05, 0.1) is 12.8 Å². The van der Waals surface area contributed by atoms with Gasteiger partial charge in [-0.1, -0.05) is 31.0 Å². The van der Waals surface area contributed by atoms with Crippen molar-refractivity contribution in [2.75, 3.05) is 18.0 Å². The molecule has 0 aliphatic heterocycles. The molecule has 0 fully saturated rings. The van der Waals surface area contributed by atoms with Crippen LogP contribution in [0, 0.1) is 0 Å². The second-order valence-electron chi connectivity index (χ2n) is 5.02. The van der Waals surface area contributed by atoms with Gasteiger partial charge in [0.1, 0.15) is 5.75 Å². The fourth-order valence-corrected chi connectivity index (χ4v) is 2.38. The molecule has 3 amide bonds. The summed E-state index contributed by atoms with van der Waals surface area (Å²) in [5.74, 6) is 0.269. The van der Waals surface area contributed by atoms with Crippen molar-refractivity contribution >= 4 is 30.4 Å². The quantitative estimate of drug-likeness (QED) is 0.703. The monoisotopic (exact) mass is 345 g/mol. The Balaban J connectivity index is 1.90. The molecular formula is C17H19N3O3S. The number of para-hydroxylation sites is 1. The van der Waals surface area contributed by atoms with Gasteiger partial charge in [0.15, 0.2) is 0 Å². The Bertz CT molecular complexity index is 719. The molecule has 0 saturated carbocycles. The second-order valence-corrected chi connectivity index (χ2v) is 5.42. The Kier molecular flexibility index (Phi) is 6.08. The minimum absolute atomic E-state index is 0.361. The molecule has 0 heterocycles. The summed E-state index contributed by atoms with van der Waals surface area (Å²) >= 11 is 4.18. The summed E-state index contributed by atoms with van der Waals surface area (Å²) in [6.07, 6.45) is 0.637. The lowest BCUT2D eigenvalue weighted by molar-refractivity contribution is 0.100. The number of methoxy groups -OCH3 is 1. The third kappa shape index (κ3) is 4.42. The predicted octanol–water partition coefficient (Wildman–Crippen LogP) is 2.40. The summed E-state index contributed by atoms with van der Waals surface area (Å²) in [5, 5.41) is 2.78. The highest BCUT2D eigenvalue weighted by Crippen LogP contribution is 2.18. The Morgan fingerprint density at radius 1 is 1.17 bits per heavy atom. The number of rotatable bonds is 6. The molecule has 24 heavy (non-hydrogen) atoms. The third-order valence-electron chi connectivity index (χ3n) is 3.45. The highest BCUT2D eigenvalue weighted by atomic mass is 32.1. The lowest BCUT2D eigenvalue weighted by atomic mass is 10.1. The topological polar surface area (TPSA) is 84.7 Å². The molecule has 3 N–H and O–H groups in total. The summed E-state index contributed by atoms with van der Waals surface area (Å²) in [7, 11) is 1.61. The van der Waals surface area contributed by atoms with Crippen molar-refractivity contribution in [2.24, 2.45) is 5.73 Å². The lowest BCUT2D eigenvalue weighted by Gasteiger charge is -2.17. The van der Waals surface area contributed by atoms with E-state index in [4.69, 9.17) is 10.5 Å². The van der Waals surface area contributed by atoms with Crippen molar-refractivity contribution in [2.45, 2.75) is 6.42 Å². The SMILES string of the molecule is COc1ccccc1CCNC(=O)N(S)c1ccc(C(N)=O)cc1. The number of thiol groups is 1. The van der Waals surface area contributed by atoms with E-state index >= 15 is 0 Å². The molecule has 6 nitrogen and oxygen atoms in total. The molecule has 0 atom stereocenters. The van der Waals surface area contributed by atoms with E-state index in [1.165, 1.54) is 4.31 Å². The Labute approximate surface area is 146 Å². The Morgan fingerprint density at radius 2 is 1.83 bits per heavy atom. The van der Waals surface area contributed by atoms with Crippen LogP contribution >= 0.6 is 12.8 Å². The van der Waals surface area contributed by atoms with Crippen molar-refractivity contribution in [3.63, 3.8) is 0 Å². The molecule has 0 saturated heterocycles. The first-order chi connectivity index (χ1) is 11.5. The first-order valence-corrected chi connectivity index (χ1v) is 7.71. The number of hydrogen-bond acceptors (Lipinski definition) is 4. The van der Waals surface area contributed by atoms with Crippen molar-refractivity contribution in [3.05, 3.63) is 59.7 Å². The first kappa shape index (κ1) is 17.7. The number of urea groups is 1. The van der Waals surface area contributed by atoms with Gasteiger partial charge in [-0.3, -0.25) is 4.79 Å². The van der Waals surface area contributed by atoms with Crippen LogP contribution in [0.5, 0.6) is 5.75 Å². The van der Waals surface area contributed by atoms with E-state index in [-0.39, 0.29) is 6.03 Å². The number of nitrogens with zero attached hydrogens (tertiary/aromatic N) is 1. The maximum Gasteiger partial charge on any atom is 0.331 e. The van der Waals surface area contributed by atoms with Gasteiger partial charge in [-0.25, -0.2) is 9.10 Å².